The summed E-state index contributed by atoms with van der Waals surface area (Å²) in [7, 11) is 0. The molecule has 3 aromatic carbocycles. The fourth-order valence-electron chi connectivity index (χ4n) is 2.96. The number of rotatable bonds is 5. The van der Waals surface area contributed by atoms with E-state index >= 15 is 0 Å². The van der Waals surface area contributed by atoms with Crippen molar-refractivity contribution in [3.8, 4) is 11.8 Å². The van der Waals surface area contributed by atoms with Crippen molar-refractivity contribution in [3.63, 3.8) is 0 Å². The monoisotopic (exact) mass is 403 g/mol. The molecule has 29 heavy (non-hydrogen) atoms. The lowest BCUT2D eigenvalue weighted by atomic mass is 10.1. The van der Waals surface area contributed by atoms with Crippen LogP contribution in [0, 0.1) is 17.1 Å². The summed E-state index contributed by atoms with van der Waals surface area (Å²) in [6, 6.07) is 21.4. The van der Waals surface area contributed by atoms with Crippen molar-refractivity contribution >= 4 is 33.9 Å². The molecule has 0 aliphatic carbocycles. The van der Waals surface area contributed by atoms with Gasteiger partial charge in [-0.2, -0.15) is 5.26 Å². The van der Waals surface area contributed by atoms with Crippen LogP contribution in [0.3, 0.4) is 0 Å². The zero-order valence-electron chi connectivity index (χ0n) is 15.2. The molecule has 4 rings (SSSR count). The smallest absolute Gasteiger partial charge is 0.148 e. The SMILES string of the molecule is N#Cc1cc2c(Nc3ccc(Cl)cc3F)ccnc2cc1OCc1ccccc1. The van der Waals surface area contributed by atoms with E-state index in [0.29, 0.717) is 39.5 Å². The molecule has 1 aromatic heterocycles. The van der Waals surface area contributed by atoms with Crippen LogP contribution in [0.2, 0.25) is 5.02 Å². The number of hydrogen-bond donors (Lipinski definition) is 1. The van der Waals surface area contributed by atoms with Crippen molar-refractivity contribution in [1.29, 1.82) is 5.26 Å². The van der Waals surface area contributed by atoms with Crippen LogP contribution < -0.4 is 10.1 Å². The first kappa shape index (κ1) is 18.7. The molecule has 0 spiro atoms. The molecule has 0 aliphatic heterocycles. The molecule has 0 fully saturated rings. The van der Waals surface area contributed by atoms with Crippen molar-refractivity contribution in [2.24, 2.45) is 0 Å². The first-order valence-corrected chi connectivity index (χ1v) is 9.23. The van der Waals surface area contributed by atoms with E-state index in [2.05, 4.69) is 16.4 Å². The third-order valence-corrected chi connectivity index (χ3v) is 4.64. The average molecular weight is 404 g/mol. The van der Waals surface area contributed by atoms with Gasteiger partial charge in [-0.1, -0.05) is 41.9 Å². The predicted octanol–water partition coefficient (Wildman–Crippen LogP) is 6.22. The third kappa shape index (κ3) is 4.13. The van der Waals surface area contributed by atoms with Gasteiger partial charge >= 0.3 is 0 Å². The van der Waals surface area contributed by atoms with Crippen LogP contribution >= 0.6 is 11.6 Å². The number of aromatic nitrogens is 1. The highest BCUT2D eigenvalue weighted by molar-refractivity contribution is 6.30. The van der Waals surface area contributed by atoms with E-state index in [1.165, 1.54) is 6.07 Å². The van der Waals surface area contributed by atoms with Gasteiger partial charge in [0.15, 0.2) is 0 Å². The quantitative estimate of drug-likeness (QED) is 0.429. The largest absolute Gasteiger partial charge is 0.487 e. The number of nitriles is 1. The Morgan fingerprint density at radius 2 is 1.86 bits per heavy atom. The zero-order chi connectivity index (χ0) is 20.2. The number of ether oxygens (including phenoxy) is 1. The van der Waals surface area contributed by atoms with Gasteiger partial charge in [0.05, 0.1) is 16.8 Å². The highest BCUT2D eigenvalue weighted by atomic mass is 35.5. The summed E-state index contributed by atoms with van der Waals surface area (Å²) >= 11 is 5.82. The fourth-order valence-corrected chi connectivity index (χ4v) is 3.12. The Labute approximate surface area is 172 Å². The molecule has 142 valence electrons. The summed E-state index contributed by atoms with van der Waals surface area (Å²) in [5.74, 6) is -0.0167. The Morgan fingerprint density at radius 1 is 1.03 bits per heavy atom. The van der Waals surface area contributed by atoms with Gasteiger partial charge in [0.1, 0.15) is 24.2 Å². The number of nitrogens with zero attached hydrogens (tertiary/aromatic N) is 2. The number of benzene rings is 3. The average Bonchev–Trinajstić information content (AvgIpc) is 2.74. The van der Waals surface area contributed by atoms with E-state index in [1.54, 1.807) is 36.5 Å². The number of anilines is 2. The minimum absolute atomic E-state index is 0.282. The topological polar surface area (TPSA) is 57.9 Å². The van der Waals surface area contributed by atoms with Crippen molar-refractivity contribution < 1.29 is 9.13 Å². The van der Waals surface area contributed by atoms with Crippen LogP contribution in [0.4, 0.5) is 15.8 Å². The van der Waals surface area contributed by atoms with Crippen LogP contribution in [-0.4, -0.2) is 4.98 Å². The lowest BCUT2D eigenvalue weighted by molar-refractivity contribution is 0.305. The Kier molecular flexibility index (Phi) is 5.28. The van der Waals surface area contributed by atoms with E-state index < -0.39 is 5.82 Å². The first-order chi connectivity index (χ1) is 14.1. The van der Waals surface area contributed by atoms with Gasteiger partial charge in [0, 0.05) is 28.4 Å². The second-order valence-corrected chi connectivity index (χ2v) is 6.80. The summed E-state index contributed by atoms with van der Waals surface area (Å²) in [6.07, 6.45) is 1.62. The molecule has 4 aromatic rings. The van der Waals surface area contributed by atoms with Gasteiger partial charge in [-0.15, -0.1) is 0 Å². The van der Waals surface area contributed by atoms with Gasteiger partial charge in [-0.25, -0.2) is 4.39 Å². The lowest BCUT2D eigenvalue weighted by Crippen LogP contribution is -1.99. The second kappa shape index (κ2) is 8.17. The Balaban J connectivity index is 1.68. The molecule has 0 saturated carbocycles. The molecule has 0 bridgehead atoms. The second-order valence-electron chi connectivity index (χ2n) is 6.36. The van der Waals surface area contributed by atoms with Crippen molar-refractivity contribution in [2.45, 2.75) is 6.61 Å². The van der Waals surface area contributed by atoms with Gasteiger partial charge in [0.2, 0.25) is 0 Å². The molecule has 4 nitrogen and oxygen atoms in total. The number of hydrogen-bond acceptors (Lipinski definition) is 4. The third-order valence-electron chi connectivity index (χ3n) is 4.40. The molecule has 0 unspecified atom stereocenters. The molecule has 0 aliphatic rings. The normalized spacial score (nSPS) is 10.5. The van der Waals surface area contributed by atoms with Crippen LogP contribution in [0.1, 0.15) is 11.1 Å². The Bertz CT molecular complexity index is 1220. The molecule has 0 atom stereocenters. The summed E-state index contributed by atoms with van der Waals surface area (Å²) in [6.45, 7) is 0.342. The van der Waals surface area contributed by atoms with Crippen LogP contribution in [0.5, 0.6) is 5.75 Å². The number of nitrogens with one attached hydrogen (secondary N) is 1. The Hall–Kier alpha value is -3.62. The molecular weight excluding hydrogens is 389 g/mol. The van der Waals surface area contributed by atoms with Crippen LogP contribution in [0.25, 0.3) is 10.9 Å². The standard InChI is InChI=1S/C23H15ClFN3O/c24-17-6-7-21(19(25)11-17)28-20-8-9-27-22-12-23(16(13-26)10-18(20)22)29-14-15-4-2-1-3-5-15/h1-12H,14H2,(H,27,28). The molecule has 0 saturated heterocycles. The van der Waals surface area contributed by atoms with Crippen LogP contribution in [0.15, 0.2) is 72.9 Å². The molecule has 0 radical (unpaired) electrons. The highest BCUT2D eigenvalue weighted by Crippen LogP contribution is 2.32. The number of fused-ring (bicyclic) bond motifs is 1. The zero-order valence-corrected chi connectivity index (χ0v) is 15.9. The minimum Gasteiger partial charge on any atom is -0.487 e. The van der Waals surface area contributed by atoms with E-state index in [0.717, 1.165) is 5.56 Å². The predicted molar refractivity (Wildman–Crippen MR) is 112 cm³/mol. The summed E-state index contributed by atoms with van der Waals surface area (Å²) in [5, 5.41) is 13.6. The minimum atomic E-state index is -0.467. The highest BCUT2D eigenvalue weighted by Gasteiger charge is 2.12. The van der Waals surface area contributed by atoms with Gasteiger partial charge in [-0.05, 0) is 35.9 Å². The number of pyridine rings is 1. The molecule has 1 N–H and O–H groups in total. The summed E-state index contributed by atoms with van der Waals surface area (Å²) < 4.78 is 20.0. The van der Waals surface area contributed by atoms with Crippen molar-refractivity contribution in [1.82, 2.24) is 4.98 Å². The molecule has 6 heteroatoms. The fraction of sp³-hybridized carbons (Fsp3) is 0.0435. The summed E-state index contributed by atoms with van der Waals surface area (Å²) in [5.41, 5.74) is 2.91. The molecule has 0 amide bonds. The van der Waals surface area contributed by atoms with Gasteiger partial charge < -0.3 is 10.1 Å². The van der Waals surface area contributed by atoms with Crippen molar-refractivity contribution in [2.75, 3.05) is 5.32 Å². The maximum Gasteiger partial charge on any atom is 0.148 e. The van der Waals surface area contributed by atoms with E-state index in [1.807, 2.05) is 30.3 Å². The van der Waals surface area contributed by atoms with E-state index in [4.69, 9.17) is 16.3 Å². The first-order valence-electron chi connectivity index (χ1n) is 8.86. The maximum atomic E-state index is 14.2. The van der Waals surface area contributed by atoms with Gasteiger partial charge in [0.25, 0.3) is 0 Å². The Morgan fingerprint density at radius 3 is 2.62 bits per heavy atom. The molecular formula is C23H15ClFN3O. The van der Waals surface area contributed by atoms with Crippen molar-refractivity contribution in [3.05, 3.63) is 94.9 Å². The lowest BCUT2D eigenvalue weighted by Gasteiger charge is -2.13. The van der Waals surface area contributed by atoms with E-state index in [9.17, 15) is 9.65 Å². The maximum absolute atomic E-state index is 14.2. The van der Waals surface area contributed by atoms with Gasteiger partial charge in [-0.3, -0.25) is 4.98 Å². The van der Waals surface area contributed by atoms with E-state index in [-0.39, 0.29) is 5.69 Å². The summed E-state index contributed by atoms with van der Waals surface area (Å²) in [4.78, 5) is 4.37. The molecule has 1 heterocycles. The van der Waals surface area contributed by atoms with Crippen LogP contribution in [-0.2, 0) is 6.61 Å². The number of halogens is 2.